The second kappa shape index (κ2) is 5.89. The van der Waals surface area contributed by atoms with E-state index in [2.05, 4.69) is 5.32 Å². The molecule has 1 aromatic rings. The van der Waals surface area contributed by atoms with Crippen LogP contribution in [0.25, 0.3) is 0 Å². The molecule has 0 aliphatic heterocycles. The molecular weight excluding hydrogens is 284 g/mol. The Labute approximate surface area is 107 Å². The van der Waals surface area contributed by atoms with E-state index < -0.39 is 38.5 Å². The summed E-state index contributed by atoms with van der Waals surface area (Å²) >= 11 is 0. The summed E-state index contributed by atoms with van der Waals surface area (Å²) in [5.74, 6) is 0. The molecular formula is C9H11F2N3O4S. The van der Waals surface area contributed by atoms with E-state index in [1.807, 2.05) is 0 Å². The zero-order valence-electron chi connectivity index (χ0n) is 9.76. The van der Waals surface area contributed by atoms with Gasteiger partial charge in [-0.05, 0) is 12.1 Å². The van der Waals surface area contributed by atoms with E-state index in [-0.39, 0.29) is 0 Å². The smallest absolute Gasteiger partial charge is 0.289 e. The Morgan fingerprint density at radius 2 is 2.05 bits per heavy atom. The molecule has 0 saturated carbocycles. The van der Waals surface area contributed by atoms with Crippen molar-refractivity contribution in [1.82, 2.24) is 4.72 Å². The van der Waals surface area contributed by atoms with Gasteiger partial charge in [-0.25, -0.2) is 21.9 Å². The van der Waals surface area contributed by atoms with Gasteiger partial charge in [0.15, 0.2) is 4.90 Å². The molecule has 19 heavy (non-hydrogen) atoms. The normalized spacial score (nSPS) is 11.6. The van der Waals surface area contributed by atoms with Crippen LogP contribution in [0, 0.1) is 10.1 Å². The third-order valence-corrected chi connectivity index (χ3v) is 3.62. The average Bonchev–Trinajstić information content (AvgIpc) is 2.35. The van der Waals surface area contributed by atoms with Crippen LogP contribution in [0.4, 0.5) is 20.2 Å². The van der Waals surface area contributed by atoms with Crippen LogP contribution in [-0.2, 0) is 10.0 Å². The molecule has 0 saturated heterocycles. The minimum absolute atomic E-state index is 0.308. The molecule has 0 heterocycles. The first-order valence-corrected chi connectivity index (χ1v) is 6.50. The van der Waals surface area contributed by atoms with Crippen molar-refractivity contribution in [2.45, 2.75) is 11.3 Å². The fourth-order valence-corrected chi connectivity index (χ4v) is 2.49. The van der Waals surface area contributed by atoms with Crippen molar-refractivity contribution in [1.29, 1.82) is 0 Å². The summed E-state index contributed by atoms with van der Waals surface area (Å²) < 4.78 is 49.1. The maximum absolute atomic E-state index is 12.0. The number of alkyl halides is 2. The highest BCUT2D eigenvalue weighted by molar-refractivity contribution is 7.89. The largest absolute Gasteiger partial charge is 0.388 e. The van der Waals surface area contributed by atoms with Gasteiger partial charge in [0, 0.05) is 18.8 Å². The molecule has 0 aliphatic rings. The van der Waals surface area contributed by atoms with Crippen molar-refractivity contribution < 1.29 is 22.1 Å². The Morgan fingerprint density at radius 3 is 2.53 bits per heavy atom. The number of sulfonamides is 1. The van der Waals surface area contributed by atoms with Gasteiger partial charge in [-0.3, -0.25) is 10.1 Å². The number of hydrogen-bond acceptors (Lipinski definition) is 5. The van der Waals surface area contributed by atoms with Gasteiger partial charge in [-0.2, -0.15) is 0 Å². The van der Waals surface area contributed by atoms with Crippen LogP contribution < -0.4 is 10.0 Å². The fourth-order valence-electron chi connectivity index (χ4n) is 1.29. The highest BCUT2D eigenvalue weighted by Gasteiger charge is 2.26. The Balaban J connectivity index is 3.26. The van der Waals surface area contributed by atoms with Gasteiger partial charge in [0.25, 0.3) is 12.1 Å². The highest BCUT2D eigenvalue weighted by Crippen LogP contribution is 2.26. The predicted molar refractivity (Wildman–Crippen MR) is 63.8 cm³/mol. The maximum Gasteiger partial charge on any atom is 0.289 e. The number of halogens is 2. The van der Waals surface area contributed by atoms with Crippen LogP contribution >= 0.6 is 0 Å². The predicted octanol–water partition coefficient (Wildman–Crippen LogP) is 1.18. The average molecular weight is 295 g/mol. The quantitative estimate of drug-likeness (QED) is 0.606. The van der Waals surface area contributed by atoms with Crippen molar-refractivity contribution in [3.05, 3.63) is 28.3 Å². The van der Waals surface area contributed by atoms with Gasteiger partial charge in [-0.15, -0.1) is 0 Å². The van der Waals surface area contributed by atoms with Crippen LogP contribution in [0.15, 0.2) is 23.1 Å². The van der Waals surface area contributed by atoms with Crippen LogP contribution in [0.5, 0.6) is 0 Å². The molecule has 1 rings (SSSR count). The summed E-state index contributed by atoms with van der Waals surface area (Å²) in [7, 11) is -2.89. The highest BCUT2D eigenvalue weighted by atomic mass is 32.2. The molecule has 7 nitrogen and oxygen atoms in total. The van der Waals surface area contributed by atoms with Crippen LogP contribution in [0.1, 0.15) is 0 Å². The Hall–Kier alpha value is -1.81. The fraction of sp³-hybridized carbons (Fsp3) is 0.333. The SMILES string of the molecule is CNc1ccc([N+](=O)[O-])c(S(=O)(=O)NCC(F)F)c1. The van der Waals surface area contributed by atoms with E-state index in [9.17, 15) is 27.3 Å². The van der Waals surface area contributed by atoms with Crippen LogP contribution in [-0.4, -0.2) is 33.4 Å². The molecule has 1 aromatic carbocycles. The van der Waals surface area contributed by atoms with E-state index in [0.29, 0.717) is 5.69 Å². The molecule has 0 unspecified atom stereocenters. The number of nitro benzene ring substituents is 1. The third-order valence-electron chi connectivity index (χ3n) is 2.16. The Morgan fingerprint density at radius 1 is 1.42 bits per heavy atom. The number of hydrogen-bond donors (Lipinski definition) is 2. The first kappa shape index (κ1) is 15.2. The standard InChI is InChI=1S/C9H11F2N3O4S/c1-12-6-2-3-7(14(15)16)8(4-6)19(17,18)13-5-9(10)11/h2-4,9,12-13H,5H2,1H3. The molecule has 0 radical (unpaired) electrons. The molecule has 0 aliphatic carbocycles. The second-order valence-corrected chi connectivity index (χ2v) is 5.17. The maximum atomic E-state index is 12.0. The molecule has 0 bridgehead atoms. The Kier molecular flexibility index (Phi) is 4.72. The first-order valence-electron chi connectivity index (χ1n) is 5.02. The van der Waals surface area contributed by atoms with Gasteiger partial charge in [0.05, 0.1) is 11.5 Å². The lowest BCUT2D eigenvalue weighted by molar-refractivity contribution is -0.387. The zero-order chi connectivity index (χ0) is 14.6. The summed E-state index contributed by atoms with van der Waals surface area (Å²) in [6, 6.07) is 3.30. The van der Waals surface area contributed by atoms with E-state index >= 15 is 0 Å². The summed E-state index contributed by atoms with van der Waals surface area (Å²) in [5, 5.41) is 13.4. The van der Waals surface area contributed by atoms with Crippen molar-refractivity contribution in [2.24, 2.45) is 0 Å². The molecule has 0 aromatic heterocycles. The molecule has 0 amide bonds. The molecule has 106 valence electrons. The topological polar surface area (TPSA) is 101 Å². The van der Waals surface area contributed by atoms with Crippen molar-refractivity contribution in [2.75, 3.05) is 18.9 Å². The molecule has 0 atom stereocenters. The summed E-state index contributed by atoms with van der Waals surface area (Å²) in [6.45, 7) is -1.11. The van der Waals surface area contributed by atoms with E-state index in [1.165, 1.54) is 13.1 Å². The first-order chi connectivity index (χ1) is 8.77. The van der Waals surface area contributed by atoms with Gasteiger partial charge in [-0.1, -0.05) is 0 Å². The number of nitrogens with one attached hydrogen (secondary N) is 2. The number of anilines is 1. The van der Waals surface area contributed by atoms with Gasteiger partial charge >= 0.3 is 0 Å². The van der Waals surface area contributed by atoms with E-state index in [0.717, 1.165) is 12.1 Å². The van der Waals surface area contributed by atoms with Gasteiger partial charge in [0.1, 0.15) is 0 Å². The van der Waals surface area contributed by atoms with Gasteiger partial charge < -0.3 is 5.32 Å². The second-order valence-electron chi connectivity index (χ2n) is 3.43. The van der Waals surface area contributed by atoms with Crippen LogP contribution in [0.2, 0.25) is 0 Å². The summed E-state index contributed by atoms with van der Waals surface area (Å²) in [6.07, 6.45) is -2.89. The van der Waals surface area contributed by atoms with Crippen LogP contribution in [0.3, 0.4) is 0 Å². The van der Waals surface area contributed by atoms with E-state index in [4.69, 9.17) is 0 Å². The third kappa shape index (κ3) is 3.83. The number of rotatable bonds is 6. The number of nitro groups is 1. The lowest BCUT2D eigenvalue weighted by atomic mass is 10.3. The Bertz CT molecular complexity index is 577. The molecule has 10 heteroatoms. The minimum atomic E-state index is -4.38. The lowest BCUT2D eigenvalue weighted by Gasteiger charge is -2.08. The zero-order valence-corrected chi connectivity index (χ0v) is 10.6. The summed E-state index contributed by atoms with van der Waals surface area (Å²) in [5.41, 5.74) is -0.371. The monoisotopic (exact) mass is 295 g/mol. The van der Waals surface area contributed by atoms with Gasteiger partial charge in [0.2, 0.25) is 10.0 Å². The lowest BCUT2D eigenvalue weighted by Crippen LogP contribution is -2.29. The minimum Gasteiger partial charge on any atom is -0.388 e. The van der Waals surface area contributed by atoms with Crippen molar-refractivity contribution in [3.63, 3.8) is 0 Å². The van der Waals surface area contributed by atoms with E-state index in [1.54, 1.807) is 4.72 Å². The number of benzene rings is 1. The summed E-state index contributed by atoms with van der Waals surface area (Å²) in [4.78, 5) is 9.20. The molecule has 2 N–H and O–H groups in total. The van der Waals surface area contributed by atoms with Crippen molar-refractivity contribution >= 4 is 21.4 Å². The molecule has 0 spiro atoms. The number of nitrogens with zero attached hydrogens (tertiary/aromatic N) is 1. The molecule has 0 fully saturated rings. The van der Waals surface area contributed by atoms with Crippen molar-refractivity contribution in [3.8, 4) is 0 Å².